The quantitative estimate of drug-likeness (QED) is 0.0694. The molecule has 0 saturated heterocycles. The lowest BCUT2D eigenvalue weighted by atomic mass is 9.99. The van der Waals surface area contributed by atoms with Gasteiger partial charge in [0.2, 0.25) is 0 Å². The summed E-state index contributed by atoms with van der Waals surface area (Å²) in [5.74, 6) is -0.331. The number of aromatic hydroxyl groups is 1. The standard InChI is InChI=1S/C28H27IN2O7/c1-18(32)19-11-14-21(15-12-19)30-28(35)38-27(23-17-20(29)13-16-24(23)33)25(9-5-6-10-26(34)31-36)37-22-7-3-2-4-8-22/h2-4,6-8,10-17,25,27,33,36H,5,9H2,1H3,(H,30,35)(H,31,34)/b10-6+/t25-,27-/m0/s1. The Morgan fingerprint density at radius 2 is 1.74 bits per heavy atom. The maximum atomic E-state index is 13.0. The van der Waals surface area contributed by atoms with Gasteiger partial charge < -0.3 is 14.6 Å². The van der Waals surface area contributed by atoms with E-state index in [-0.39, 0.29) is 11.5 Å². The van der Waals surface area contributed by atoms with Crippen LogP contribution in [0.2, 0.25) is 0 Å². The number of anilines is 1. The lowest BCUT2D eigenvalue weighted by molar-refractivity contribution is -0.124. The maximum absolute atomic E-state index is 13.0. The Morgan fingerprint density at radius 3 is 2.39 bits per heavy atom. The van der Waals surface area contributed by atoms with Crippen molar-refractivity contribution in [1.82, 2.24) is 5.48 Å². The Bertz CT molecular complexity index is 1280. The van der Waals surface area contributed by atoms with Gasteiger partial charge in [0, 0.05) is 26.5 Å². The van der Waals surface area contributed by atoms with Crippen LogP contribution in [0, 0.1) is 3.57 Å². The highest BCUT2D eigenvalue weighted by atomic mass is 127. The molecule has 0 aromatic heterocycles. The number of Topliss-reactive ketones (excluding diaryl/α,β-unsaturated/α-hetero) is 1. The average molecular weight is 630 g/mol. The van der Waals surface area contributed by atoms with E-state index in [1.165, 1.54) is 24.5 Å². The van der Waals surface area contributed by atoms with E-state index in [1.54, 1.807) is 66.7 Å². The van der Waals surface area contributed by atoms with Crippen molar-refractivity contribution in [3.63, 3.8) is 0 Å². The van der Waals surface area contributed by atoms with Gasteiger partial charge in [0.05, 0.1) is 0 Å². The van der Waals surface area contributed by atoms with E-state index in [1.807, 2.05) is 6.07 Å². The first kappa shape index (κ1) is 28.7. The van der Waals surface area contributed by atoms with Gasteiger partial charge in [0.15, 0.2) is 11.9 Å². The molecule has 10 heteroatoms. The summed E-state index contributed by atoms with van der Waals surface area (Å²) in [7, 11) is 0. The number of carbonyl (C=O) groups is 3. The van der Waals surface area contributed by atoms with E-state index in [2.05, 4.69) is 27.9 Å². The van der Waals surface area contributed by atoms with Crippen molar-refractivity contribution in [2.75, 3.05) is 5.32 Å². The monoisotopic (exact) mass is 630 g/mol. The SMILES string of the molecule is CC(=O)c1ccc(NC(=O)O[C@@H](c2cc(I)ccc2O)[C@H](CC/C=C/C(=O)NO)Oc2ccccc2)cc1. The first-order chi connectivity index (χ1) is 18.3. The highest BCUT2D eigenvalue weighted by Crippen LogP contribution is 2.35. The summed E-state index contributed by atoms with van der Waals surface area (Å²) in [5.41, 5.74) is 2.80. The summed E-state index contributed by atoms with van der Waals surface area (Å²) < 4.78 is 12.9. The van der Waals surface area contributed by atoms with Crippen molar-refractivity contribution in [2.45, 2.75) is 32.0 Å². The number of para-hydroxylation sites is 1. The van der Waals surface area contributed by atoms with Crippen LogP contribution in [0.5, 0.6) is 11.5 Å². The van der Waals surface area contributed by atoms with E-state index in [4.69, 9.17) is 14.7 Å². The predicted molar refractivity (Wildman–Crippen MR) is 149 cm³/mol. The van der Waals surface area contributed by atoms with Crippen molar-refractivity contribution >= 4 is 46.1 Å². The zero-order valence-electron chi connectivity index (χ0n) is 20.5. The third kappa shape index (κ3) is 8.60. The molecule has 3 aromatic carbocycles. The number of ketones is 1. The minimum absolute atomic E-state index is 0.0779. The number of benzene rings is 3. The van der Waals surface area contributed by atoms with Gasteiger partial charge in [-0.05, 0) is 97.0 Å². The normalized spacial score (nSPS) is 12.4. The van der Waals surface area contributed by atoms with Crippen molar-refractivity contribution in [3.05, 3.63) is 99.6 Å². The van der Waals surface area contributed by atoms with E-state index in [0.717, 1.165) is 3.57 Å². The molecule has 3 rings (SSSR count). The Labute approximate surface area is 233 Å². The molecule has 38 heavy (non-hydrogen) atoms. The summed E-state index contributed by atoms with van der Waals surface area (Å²) >= 11 is 2.09. The Morgan fingerprint density at radius 1 is 1.03 bits per heavy atom. The van der Waals surface area contributed by atoms with Crippen LogP contribution in [0.1, 0.15) is 41.8 Å². The smallest absolute Gasteiger partial charge is 0.412 e. The fourth-order valence-electron chi connectivity index (χ4n) is 3.58. The molecule has 4 N–H and O–H groups in total. The average Bonchev–Trinajstić information content (AvgIpc) is 2.91. The number of carbonyl (C=O) groups excluding carboxylic acids is 3. The number of halogens is 1. The van der Waals surface area contributed by atoms with Crippen molar-refractivity contribution < 1.29 is 34.2 Å². The summed E-state index contributed by atoms with van der Waals surface area (Å²) in [4.78, 5) is 35.9. The maximum Gasteiger partial charge on any atom is 0.412 e. The first-order valence-electron chi connectivity index (χ1n) is 11.7. The van der Waals surface area contributed by atoms with Gasteiger partial charge in [-0.3, -0.25) is 20.1 Å². The number of amides is 2. The van der Waals surface area contributed by atoms with Crippen LogP contribution in [-0.4, -0.2) is 34.2 Å². The summed E-state index contributed by atoms with van der Waals surface area (Å²) in [6, 6.07) is 20.2. The molecule has 0 fully saturated rings. The zero-order chi connectivity index (χ0) is 27.5. The minimum Gasteiger partial charge on any atom is -0.508 e. The Kier molecular flexibility index (Phi) is 10.7. The molecule has 3 aromatic rings. The summed E-state index contributed by atoms with van der Waals surface area (Å²) in [5, 5.41) is 22.0. The second kappa shape index (κ2) is 14.1. The fourth-order valence-corrected chi connectivity index (χ4v) is 4.09. The van der Waals surface area contributed by atoms with E-state index < -0.39 is 24.2 Å². The van der Waals surface area contributed by atoms with Crippen LogP contribution < -0.4 is 15.5 Å². The third-order valence-electron chi connectivity index (χ3n) is 5.43. The fraction of sp³-hybridized carbons (Fsp3) is 0.179. The molecule has 9 nitrogen and oxygen atoms in total. The summed E-state index contributed by atoms with van der Waals surface area (Å²) in [6.07, 6.45) is 0.755. The third-order valence-corrected chi connectivity index (χ3v) is 6.10. The van der Waals surface area contributed by atoms with Gasteiger partial charge in [-0.25, -0.2) is 10.3 Å². The van der Waals surface area contributed by atoms with E-state index >= 15 is 0 Å². The van der Waals surface area contributed by atoms with E-state index in [9.17, 15) is 19.5 Å². The van der Waals surface area contributed by atoms with Crippen LogP contribution in [0.25, 0.3) is 0 Å². The molecule has 0 aliphatic rings. The molecule has 0 heterocycles. The highest BCUT2D eigenvalue weighted by Gasteiger charge is 2.31. The molecule has 0 aliphatic carbocycles. The molecule has 0 radical (unpaired) electrons. The van der Waals surface area contributed by atoms with Crippen LogP contribution in [0.15, 0.2) is 84.9 Å². The number of hydroxylamine groups is 1. The molecule has 2 atom stereocenters. The van der Waals surface area contributed by atoms with Gasteiger partial charge in [-0.2, -0.15) is 0 Å². The van der Waals surface area contributed by atoms with Crippen LogP contribution in [0.4, 0.5) is 10.5 Å². The molecular weight excluding hydrogens is 603 g/mol. The lowest BCUT2D eigenvalue weighted by Crippen LogP contribution is -2.31. The number of hydrogen-bond acceptors (Lipinski definition) is 7. The molecule has 0 bridgehead atoms. The van der Waals surface area contributed by atoms with Crippen molar-refractivity contribution in [2.24, 2.45) is 0 Å². The predicted octanol–water partition coefficient (Wildman–Crippen LogP) is 5.78. The number of phenolic OH excluding ortho intramolecular Hbond substituents is 1. The molecule has 0 unspecified atom stereocenters. The number of nitrogens with one attached hydrogen (secondary N) is 2. The molecule has 198 valence electrons. The van der Waals surface area contributed by atoms with Crippen molar-refractivity contribution in [1.29, 1.82) is 0 Å². The topological polar surface area (TPSA) is 134 Å². The van der Waals surface area contributed by atoms with Gasteiger partial charge in [0.1, 0.15) is 17.6 Å². The van der Waals surface area contributed by atoms with Gasteiger partial charge in [-0.1, -0.05) is 24.3 Å². The van der Waals surface area contributed by atoms with Crippen LogP contribution in [0.3, 0.4) is 0 Å². The molecule has 0 spiro atoms. The number of phenols is 1. The second-order valence-corrected chi connectivity index (χ2v) is 9.46. The van der Waals surface area contributed by atoms with E-state index in [0.29, 0.717) is 35.4 Å². The zero-order valence-corrected chi connectivity index (χ0v) is 22.6. The largest absolute Gasteiger partial charge is 0.508 e. The number of rotatable bonds is 11. The summed E-state index contributed by atoms with van der Waals surface area (Å²) in [6.45, 7) is 1.45. The Balaban J connectivity index is 1.90. The van der Waals surface area contributed by atoms with Gasteiger partial charge in [0.25, 0.3) is 5.91 Å². The molecule has 2 amide bonds. The first-order valence-corrected chi connectivity index (χ1v) is 12.7. The number of hydrogen-bond donors (Lipinski definition) is 4. The molecular formula is C28H27IN2O7. The highest BCUT2D eigenvalue weighted by molar-refractivity contribution is 14.1. The van der Waals surface area contributed by atoms with Crippen molar-refractivity contribution in [3.8, 4) is 11.5 Å². The Hall–Kier alpha value is -3.90. The van der Waals surface area contributed by atoms with Gasteiger partial charge in [-0.15, -0.1) is 0 Å². The van der Waals surface area contributed by atoms with Crippen LogP contribution >= 0.6 is 22.6 Å². The molecule has 0 saturated carbocycles. The van der Waals surface area contributed by atoms with Gasteiger partial charge >= 0.3 is 6.09 Å². The number of allylic oxidation sites excluding steroid dienone is 1. The second-order valence-electron chi connectivity index (χ2n) is 8.21. The number of ether oxygens (including phenoxy) is 2. The van der Waals surface area contributed by atoms with Crippen LogP contribution in [-0.2, 0) is 9.53 Å². The lowest BCUT2D eigenvalue weighted by Gasteiger charge is -2.28. The minimum atomic E-state index is -1.04. The molecule has 0 aliphatic heterocycles.